The second-order valence-electron chi connectivity index (χ2n) is 5.69. The van der Waals surface area contributed by atoms with E-state index in [1.807, 2.05) is 18.9 Å². The first-order valence-electron chi connectivity index (χ1n) is 8.05. The molecule has 0 N–H and O–H groups in total. The average molecular weight is 370 g/mol. The number of benzene rings is 1. The molecule has 0 amide bonds. The fraction of sp³-hybridized carbons (Fsp3) is 0.421. The van der Waals surface area contributed by atoms with Crippen molar-refractivity contribution in [3.8, 4) is 5.75 Å². The van der Waals surface area contributed by atoms with Gasteiger partial charge in [0, 0.05) is 25.2 Å². The van der Waals surface area contributed by atoms with E-state index in [1.165, 1.54) is 25.3 Å². The summed E-state index contributed by atoms with van der Waals surface area (Å²) in [7, 11) is 3.15. The SMILES string of the molecule is C=CCOC(C=C)(c1cc(C)c(/N=C\N(C)CC)cc1OC)C(F)(F)F. The van der Waals surface area contributed by atoms with Crippen LogP contribution in [-0.4, -0.2) is 44.7 Å². The van der Waals surface area contributed by atoms with Gasteiger partial charge in [-0.15, -0.1) is 6.58 Å². The second kappa shape index (κ2) is 8.89. The van der Waals surface area contributed by atoms with Crippen molar-refractivity contribution >= 4 is 12.0 Å². The lowest BCUT2D eigenvalue weighted by Gasteiger charge is -2.34. The molecule has 1 unspecified atom stereocenters. The van der Waals surface area contributed by atoms with Crippen LogP contribution in [0.5, 0.6) is 5.75 Å². The minimum Gasteiger partial charge on any atom is -0.496 e. The Morgan fingerprint density at radius 2 is 1.92 bits per heavy atom. The maximum absolute atomic E-state index is 13.9. The maximum atomic E-state index is 13.9. The highest BCUT2D eigenvalue weighted by Gasteiger charge is 2.56. The predicted octanol–water partition coefficient (Wildman–Crippen LogP) is 4.76. The van der Waals surface area contributed by atoms with Crippen LogP contribution >= 0.6 is 0 Å². The van der Waals surface area contributed by atoms with Crippen molar-refractivity contribution in [2.24, 2.45) is 4.99 Å². The normalized spacial score (nSPS) is 14.1. The third kappa shape index (κ3) is 4.46. The molecule has 144 valence electrons. The zero-order valence-electron chi connectivity index (χ0n) is 15.6. The van der Waals surface area contributed by atoms with Crippen molar-refractivity contribution in [1.82, 2.24) is 4.90 Å². The molecule has 0 fully saturated rings. The van der Waals surface area contributed by atoms with Crippen LogP contribution in [0.1, 0.15) is 18.1 Å². The summed E-state index contributed by atoms with van der Waals surface area (Å²) >= 11 is 0. The molecule has 0 aliphatic carbocycles. The molecule has 0 aliphatic rings. The van der Waals surface area contributed by atoms with Crippen LogP contribution in [-0.2, 0) is 10.3 Å². The van der Waals surface area contributed by atoms with E-state index in [1.54, 1.807) is 13.3 Å². The van der Waals surface area contributed by atoms with E-state index in [9.17, 15) is 13.2 Å². The molecular weight excluding hydrogens is 345 g/mol. The molecule has 7 heteroatoms. The Morgan fingerprint density at radius 1 is 1.27 bits per heavy atom. The fourth-order valence-electron chi connectivity index (χ4n) is 2.31. The smallest absolute Gasteiger partial charge is 0.425 e. The summed E-state index contributed by atoms with van der Waals surface area (Å²) in [6, 6.07) is 2.83. The summed E-state index contributed by atoms with van der Waals surface area (Å²) in [5.74, 6) is 0.0168. The minimum absolute atomic E-state index is 0.0168. The van der Waals surface area contributed by atoms with Gasteiger partial charge in [0.25, 0.3) is 0 Å². The molecule has 0 radical (unpaired) electrons. The number of aryl methyl sites for hydroxylation is 1. The number of rotatable bonds is 9. The second-order valence-corrected chi connectivity index (χ2v) is 5.69. The quantitative estimate of drug-likeness (QED) is 0.357. The number of alkyl halides is 3. The van der Waals surface area contributed by atoms with Crippen molar-refractivity contribution in [3.63, 3.8) is 0 Å². The largest absolute Gasteiger partial charge is 0.496 e. The van der Waals surface area contributed by atoms with Crippen LogP contribution in [0.2, 0.25) is 0 Å². The number of nitrogens with zero attached hydrogens (tertiary/aromatic N) is 2. The van der Waals surface area contributed by atoms with Gasteiger partial charge in [0.2, 0.25) is 5.60 Å². The molecule has 0 spiro atoms. The molecule has 0 heterocycles. The number of halogens is 3. The van der Waals surface area contributed by atoms with Gasteiger partial charge in [-0.25, -0.2) is 4.99 Å². The van der Waals surface area contributed by atoms with Crippen LogP contribution in [0.4, 0.5) is 18.9 Å². The average Bonchev–Trinajstić information content (AvgIpc) is 2.60. The maximum Gasteiger partial charge on any atom is 0.425 e. The Balaban J connectivity index is 3.58. The van der Waals surface area contributed by atoms with E-state index in [2.05, 4.69) is 18.2 Å². The van der Waals surface area contributed by atoms with Crippen molar-refractivity contribution in [1.29, 1.82) is 0 Å². The van der Waals surface area contributed by atoms with E-state index >= 15 is 0 Å². The highest BCUT2D eigenvalue weighted by molar-refractivity contribution is 5.65. The lowest BCUT2D eigenvalue weighted by Crippen LogP contribution is -2.43. The summed E-state index contributed by atoms with van der Waals surface area (Å²) in [5, 5.41) is 0. The Hall–Kier alpha value is -2.28. The third-order valence-electron chi connectivity index (χ3n) is 3.95. The number of hydrogen-bond donors (Lipinski definition) is 0. The summed E-state index contributed by atoms with van der Waals surface area (Å²) in [6.45, 7) is 10.9. The number of ether oxygens (including phenoxy) is 2. The first kappa shape index (κ1) is 21.8. The Bertz CT molecular complexity index is 671. The zero-order chi connectivity index (χ0) is 20.0. The van der Waals surface area contributed by atoms with E-state index in [0.29, 0.717) is 11.3 Å². The summed E-state index contributed by atoms with van der Waals surface area (Å²) < 4.78 is 52.1. The van der Waals surface area contributed by atoms with Crippen LogP contribution in [0.3, 0.4) is 0 Å². The zero-order valence-corrected chi connectivity index (χ0v) is 15.6. The molecule has 1 atom stereocenters. The standard InChI is InChI=1S/C19H25F3N2O2/c1-7-10-26-18(8-2,19(20,21)22)15-11-14(4)16(12-17(15)25-6)23-13-24(5)9-3/h7-8,11-13H,1-2,9-10H2,3-6H3/b23-13-. The molecule has 0 saturated heterocycles. The number of aliphatic imine (C=N–C) groups is 1. The number of methoxy groups -OCH3 is 1. The van der Waals surface area contributed by atoms with E-state index < -0.39 is 11.8 Å². The molecule has 1 rings (SSSR count). The first-order valence-corrected chi connectivity index (χ1v) is 8.05. The summed E-state index contributed by atoms with van der Waals surface area (Å²) in [4.78, 5) is 6.16. The van der Waals surface area contributed by atoms with Gasteiger partial charge in [0.15, 0.2) is 0 Å². The van der Waals surface area contributed by atoms with Crippen LogP contribution in [0, 0.1) is 6.92 Å². The molecule has 0 aromatic heterocycles. The summed E-state index contributed by atoms with van der Waals surface area (Å²) in [6.07, 6.45) is -1.13. The third-order valence-corrected chi connectivity index (χ3v) is 3.95. The molecular formula is C19H25F3N2O2. The molecule has 0 saturated carbocycles. The lowest BCUT2D eigenvalue weighted by molar-refractivity contribution is -0.260. The molecule has 4 nitrogen and oxygen atoms in total. The van der Waals surface area contributed by atoms with Gasteiger partial charge in [0.1, 0.15) is 5.75 Å². The Labute approximate surface area is 152 Å². The highest BCUT2D eigenvalue weighted by Crippen LogP contribution is 2.48. The van der Waals surface area contributed by atoms with Gasteiger partial charge in [-0.05, 0) is 31.6 Å². The Morgan fingerprint density at radius 3 is 2.38 bits per heavy atom. The highest BCUT2D eigenvalue weighted by atomic mass is 19.4. The van der Waals surface area contributed by atoms with Gasteiger partial charge < -0.3 is 14.4 Å². The van der Waals surface area contributed by atoms with E-state index in [4.69, 9.17) is 9.47 Å². The molecule has 0 bridgehead atoms. The van der Waals surface area contributed by atoms with E-state index in [-0.39, 0.29) is 17.9 Å². The topological polar surface area (TPSA) is 34.1 Å². The van der Waals surface area contributed by atoms with Gasteiger partial charge >= 0.3 is 6.18 Å². The van der Waals surface area contributed by atoms with Gasteiger partial charge in [-0.2, -0.15) is 13.2 Å². The minimum atomic E-state index is -4.73. The first-order chi connectivity index (χ1) is 12.2. The molecule has 0 aliphatic heterocycles. The fourth-order valence-corrected chi connectivity index (χ4v) is 2.31. The van der Waals surface area contributed by atoms with E-state index in [0.717, 1.165) is 12.6 Å². The van der Waals surface area contributed by atoms with Crippen LogP contribution in [0.15, 0.2) is 42.4 Å². The Kier molecular flexibility index (Phi) is 7.44. The predicted molar refractivity (Wildman–Crippen MR) is 98.3 cm³/mol. The summed E-state index contributed by atoms with van der Waals surface area (Å²) in [5.41, 5.74) is -1.82. The van der Waals surface area contributed by atoms with Crippen LogP contribution < -0.4 is 4.74 Å². The van der Waals surface area contributed by atoms with Crippen molar-refractivity contribution in [2.75, 3.05) is 27.3 Å². The van der Waals surface area contributed by atoms with Crippen molar-refractivity contribution in [3.05, 3.63) is 48.6 Å². The van der Waals surface area contributed by atoms with Crippen molar-refractivity contribution in [2.45, 2.75) is 25.6 Å². The molecule has 26 heavy (non-hydrogen) atoms. The molecule has 1 aromatic rings. The monoisotopic (exact) mass is 370 g/mol. The molecule has 1 aromatic carbocycles. The van der Waals surface area contributed by atoms with Gasteiger partial charge in [-0.3, -0.25) is 0 Å². The van der Waals surface area contributed by atoms with Gasteiger partial charge in [0.05, 0.1) is 25.7 Å². The van der Waals surface area contributed by atoms with Crippen LogP contribution in [0.25, 0.3) is 0 Å². The van der Waals surface area contributed by atoms with Gasteiger partial charge in [-0.1, -0.05) is 12.7 Å². The lowest BCUT2D eigenvalue weighted by atomic mass is 9.90. The number of hydrogen-bond acceptors (Lipinski definition) is 3. The van der Waals surface area contributed by atoms with Crippen molar-refractivity contribution < 1.29 is 22.6 Å².